The predicted octanol–water partition coefficient (Wildman–Crippen LogP) is 0.787. The molecule has 0 saturated carbocycles. The summed E-state index contributed by atoms with van der Waals surface area (Å²) in [5.41, 5.74) is 1.30. The van der Waals surface area contributed by atoms with Crippen molar-refractivity contribution in [1.82, 2.24) is 5.32 Å². The molecular weight excluding hydrogens is 100 g/mol. The van der Waals surface area contributed by atoms with E-state index in [1.807, 2.05) is 0 Å². The molecule has 1 heterocycles. The molecule has 1 aliphatic heterocycles. The van der Waals surface area contributed by atoms with Crippen LogP contribution in [0, 0.1) is 0 Å². The fraction of sp³-hybridized carbons (Fsp3) is 0.833. The molecule has 8 heavy (non-hydrogen) atoms. The molecule has 1 N–H and O–H groups in total. The van der Waals surface area contributed by atoms with Crippen molar-refractivity contribution >= 4 is 5.71 Å². The summed E-state index contributed by atoms with van der Waals surface area (Å²) in [6, 6.07) is 0. The Balaban J connectivity index is 2.44. The fourth-order valence-electron chi connectivity index (χ4n) is 0.847. The zero-order valence-corrected chi connectivity index (χ0v) is 5.44. The first kappa shape index (κ1) is 5.76. The molecule has 0 aromatic carbocycles. The quantitative estimate of drug-likeness (QED) is 0.532. The second-order valence-electron chi connectivity index (χ2n) is 2.11. The van der Waals surface area contributed by atoms with Gasteiger partial charge in [-0.25, -0.2) is 0 Å². The first-order chi connectivity index (χ1) is 3.83. The number of nitrogens with zero attached hydrogens (tertiary/aromatic N) is 1. The number of nitrogens with one attached hydrogen (secondary N) is 1. The third kappa shape index (κ3) is 1.07. The van der Waals surface area contributed by atoms with Gasteiger partial charge in [0.25, 0.3) is 0 Å². The van der Waals surface area contributed by atoms with Crippen LogP contribution < -0.4 is 5.32 Å². The van der Waals surface area contributed by atoms with Crippen molar-refractivity contribution in [2.75, 3.05) is 6.54 Å². The Bertz CT molecular complexity index is 107. The summed E-state index contributed by atoms with van der Waals surface area (Å²) in [6.45, 7) is 5.21. The maximum absolute atomic E-state index is 4.31. The lowest BCUT2D eigenvalue weighted by atomic mass is 10.3. The Morgan fingerprint density at radius 1 is 1.88 bits per heavy atom. The van der Waals surface area contributed by atoms with Crippen LogP contribution in [0.5, 0.6) is 0 Å². The smallest absolute Gasteiger partial charge is 0.0968 e. The van der Waals surface area contributed by atoms with E-state index in [2.05, 4.69) is 24.2 Å². The monoisotopic (exact) mass is 112 g/mol. The molecule has 0 amide bonds. The lowest BCUT2D eigenvalue weighted by Crippen LogP contribution is -2.19. The van der Waals surface area contributed by atoms with E-state index >= 15 is 0 Å². The van der Waals surface area contributed by atoms with Crippen LogP contribution in [0.2, 0.25) is 0 Å². The second kappa shape index (κ2) is 2.27. The first-order valence-corrected chi connectivity index (χ1v) is 3.12. The highest BCUT2D eigenvalue weighted by Gasteiger charge is 2.08. The van der Waals surface area contributed by atoms with E-state index < -0.39 is 0 Å². The Hall–Kier alpha value is -0.370. The van der Waals surface area contributed by atoms with Crippen LogP contribution in [0.15, 0.2) is 4.99 Å². The van der Waals surface area contributed by atoms with Crippen molar-refractivity contribution in [3.05, 3.63) is 0 Å². The molecule has 1 atom stereocenters. The van der Waals surface area contributed by atoms with Crippen LogP contribution in [0.4, 0.5) is 0 Å². The molecule has 2 nitrogen and oxygen atoms in total. The highest BCUT2D eigenvalue weighted by molar-refractivity contribution is 5.87. The lowest BCUT2D eigenvalue weighted by Gasteiger charge is -1.93. The van der Waals surface area contributed by atoms with Crippen molar-refractivity contribution in [2.24, 2.45) is 4.99 Å². The predicted molar refractivity (Wildman–Crippen MR) is 35.2 cm³/mol. The molecule has 1 rings (SSSR count). The van der Waals surface area contributed by atoms with E-state index in [4.69, 9.17) is 0 Å². The van der Waals surface area contributed by atoms with Gasteiger partial charge in [0.15, 0.2) is 0 Å². The molecule has 0 aromatic heterocycles. The van der Waals surface area contributed by atoms with Gasteiger partial charge in [0.2, 0.25) is 0 Å². The van der Waals surface area contributed by atoms with Crippen molar-refractivity contribution < 1.29 is 0 Å². The van der Waals surface area contributed by atoms with Crippen LogP contribution in [0.25, 0.3) is 0 Å². The fourth-order valence-corrected chi connectivity index (χ4v) is 0.847. The second-order valence-corrected chi connectivity index (χ2v) is 2.11. The van der Waals surface area contributed by atoms with Gasteiger partial charge in [-0.05, 0) is 13.3 Å². The molecular formula is C6H12N2. The number of rotatable bonds is 1. The third-order valence-electron chi connectivity index (χ3n) is 1.39. The summed E-state index contributed by atoms with van der Waals surface area (Å²) in [7, 11) is 0. The molecule has 0 spiro atoms. The molecule has 0 saturated heterocycles. The summed E-state index contributed by atoms with van der Waals surface area (Å²) >= 11 is 0. The Labute approximate surface area is 50.0 Å². The van der Waals surface area contributed by atoms with Gasteiger partial charge >= 0.3 is 0 Å². The van der Waals surface area contributed by atoms with Crippen LogP contribution in [-0.2, 0) is 0 Å². The van der Waals surface area contributed by atoms with Gasteiger partial charge in [0.1, 0.15) is 0 Å². The average molecular weight is 112 g/mol. The van der Waals surface area contributed by atoms with E-state index in [0.717, 1.165) is 13.0 Å². The van der Waals surface area contributed by atoms with Gasteiger partial charge < -0.3 is 0 Å². The average Bonchev–Trinajstić information content (AvgIpc) is 2.14. The first-order valence-electron chi connectivity index (χ1n) is 3.12. The molecule has 0 bridgehead atoms. The zero-order chi connectivity index (χ0) is 5.98. The van der Waals surface area contributed by atoms with Crippen molar-refractivity contribution in [1.29, 1.82) is 0 Å². The Morgan fingerprint density at radius 2 is 2.62 bits per heavy atom. The minimum Gasteiger partial charge on any atom is -0.291 e. The molecule has 2 heteroatoms. The summed E-state index contributed by atoms with van der Waals surface area (Å²) in [5, 5.41) is 3.22. The highest BCUT2D eigenvalue weighted by atomic mass is 15.1. The summed E-state index contributed by atoms with van der Waals surface area (Å²) in [4.78, 5) is 4.31. The highest BCUT2D eigenvalue weighted by Crippen LogP contribution is 1.97. The van der Waals surface area contributed by atoms with Gasteiger partial charge in [0, 0.05) is 12.3 Å². The standard InChI is InChI=1S/C6H12N2/c1-3-6-4-7-5(2)8-6/h5,7H,3-4H2,1-2H3. The van der Waals surface area contributed by atoms with Crippen molar-refractivity contribution in [3.63, 3.8) is 0 Å². The summed E-state index contributed by atoms with van der Waals surface area (Å²) in [5.74, 6) is 0. The minimum atomic E-state index is 0.366. The van der Waals surface area contributed by atoms with Crippen LogP contribution >= 0.6 is 0 Å². The van der Waals surface area contributed by atoms with E-state index in [1.54, 1.807) is 0 Å². The van der Waals surface area contributed by atoms with Crippen LogP contribution in [-0.4, -0.2) is 18.4 Å². The Kier molecular flexibility index (Phi) is 1.63. The normalized spacial score (nSPS) is 28.2. The topological polar surface area (TPSA) is 24.4 Å². The maximum atomic E-state index is 4.31. The maximum Gasteiger partial charge on any atom is 0.0968 e. The largest absolute Gasteiger partial charge is 0.291 e. The number of aliphatic imine (C=N–C) groups is 1. The number of hydrogen-bond acceptors (Lipinski definition) is 2. The lowest BCUT2D eigenvalue weighted by molar-refractivity contribution is 0.659. The van der Waals surface area contributed by atoms with Crippen LogP contribution in [0.3, 0.4) is 0 Å². The van der Waals surface area contributed by atoms with Gasteiger partial charge in [0.05, 0.1) is 6.17 Å². The molecule has 0 radical (unpaired) electrons. The minimum absolute atomic E-state index is 0.366. The van der Waals surface area contributed by atoms with Gasteiger partial charge in [-0.3, -0.25) is 10.3 Å². The van der Waals surface area contributed by atoms with Gasteiger partial charge in [-0.1, -0.05) is 6.92 Å². The molecule has 1 aliphatic rings. The SMILES string of the molecule is CCC1=NC(C)NC1. The molecule has 0 aliphatic carbocycles. The van der Waals surface area contributed by atoms with E-state index in [9.17, 15) is 0 Å². The summed E-state index contributed by atoms with van der Waals surface area (Å²) < 4.78 is 0. The zero-order valence-electron chi connectivity index (χ0n) is 5.44. The van der Waals surface area contributed by atoms with E-state index in [-0.39, 0.29) is 0 Å². The van der Waals surface area contributed by atoms with Crippen molar-refractivity contribution in [2.45, 2.75) is 26.4 Å². The van der Waals surface area contributed by atoms with Crippen molar-refractivity contribution in [3.8, 4) is 0 Å². The number of hydrogen-bond donors (Lipinski definition) is 1. The van der Waals surface area contributed by atoms with E-state index in [0.29, 0.717) is 6.17 Å². The van der Waals surface area contributed by atoms with Crippen LogP contribution in [0.1, 0.15) is 20.3 Å². The molecule has 1 unspecified atom stereocenters. The van der Waals surface area contributed by atoms with E-state index in [1.165, 1.54) is 5.71 Å². The van der Waals surface area contributed by atoms with Gasteiger partial charge in [-0.2, -0.15) is 0 Å². The molecule has 46 valence electrons. The summed E-state index contributed by atoms with van der Waals surface area (Å²) in [6.07, 6.45) is 1.46. The molecule has 0 fully saturated rings. The third-order valence-corrected chi connectivity index (χ3v) is 1.39. The van der Waals surface area contributed by atoms with Gasteiger partial charge in [-0.15, -0.1) is 0 Å². The molecule has 0 aromatic rings. The Morgan fingerprint density at radius 3 is 2.88 bits per heavy atom.